The molecule has 0 saturated heterocycles. The van der Waals surface area contributed by atoms with Gasteiger partial charge < -0.3 is 24.8 Å². The minimum atomic E-state index is -0.770. The largest absolute Gasteiger partial charge is 0.493 e. The molecule has 0 heterocycles. The molecule has 0 amide bonds. The third-order valence-corrected chi connectivity index (χ3v) is 3.35. The Morgan fingerprint density at radius 3 is 2.38 bits per heavy atom. The van der Waals surface area contributed by atoms with Crippen molar-refractivity contribution in [3.8, 4) is 11.5 Å². The van der Waals surface area contributed by atoms with Gasteiger partial charge >= 0.3 is 0 Å². The highest BCUT2D eigenvalue weighted by atomic mass is 16.5. The number of nitrogens with zero attached hydrogens (tertiary/aromatic N) is 1. The Morgan fingerprint density at radius 1 is 1.24 bits per heavy atom. The first-order chi connectivity index (χ1) is 9.79. The molecular formula is C16H28N2O3. The number of hydrogen-bond donors (Lipinski definition) is 2. The third kappa shape index (κ3) is 5.53. The van der Waals surface area contributed by atoms with Crippen molar-refractivity contribution in [2.75, 3.05) is 41.4 Å². The average Bonchev–Trinajstić information content (AvgIpc) is 2.42. The number of methoxy groups -OCH3 is 2. The summed E-state index contributed by atoms with van der Waals surface area (Å²) in [5, 5.41) is 13.7. The quantitative estimate of drug-likeness (QED) is 0.764. The van der Waals surface area contributed by atoms with E-state index in [-0.39, 0.29) is 6.04 Å². The van der Waals surface area contributed by atoms with Crippen LogP contribution in [0.25, 0.3) is 0 Å². The molecule has 0 fully saturated rings. The van der Waals surface area contributed by atoms with Crippen molar-refractivity contribution in [2.24, 2.45) is 0 Å². The molecule has 5 nitrogen and oxygen atoms in total. The van der Waals surface area contributed by atoms with Gasteiger partial charge in [0.15, 0.2) is 11.5 Å². The summed E-state index contributed by atoms with van der Waals surface area (Å²) in [6, 6.07) is 5.96. The van der Waals surface area contributed by atoms with E-state index in [9.17, 15) is 5.11 Å². The Bertz CT molecular complexity index is 447. The standard InChI is InChI=1S/C16H28N2O3/c1-12(17-10-16(2,19)11-18(3)4)13-7-8-14(20-5)15(9-13)21-6/h7-9,12,17,19H,10-11H2,1-6H3. The molecule has 1 aromatic carbocycles. The highest BCUT2D eigenvalue weighted by molar-refractivity contribution is 5.43. The van der Waals surface area contributed by atoms with Crippen LogP contribution >= 0.6 is 0 Å². The van der Waals surface area contributed by atoms with Gasteiger partial charge in [0.1, 0.15) is 0 Å². The monoisotopic (exact) mass is 296 g/mol. The van der Waals surface area contributed by atoms with E-state index in [1.807, 2.05) is 44.1 Å². The van der Waals surface area contributed by atoms with Crippen molar-refractivity contribution in [2.45, 2.75) is 25.5 Å². The minimum Gasteiger partial charge on any atom is -0.493 e. The molecule has 2 N–H and O–H groups in total. The summed E-state index contributed by atoms with van der Waals surface area (Å²) >= 11 is 0. The van der Waals surface area contributed by atoms with Gasteiger partial charge in [-0.3, -0.25) is 0 Å². The first-order valence-corrected chi connectivity index (χ1v) is 7.11. The fraction of sp³-hybridized carbons (Fsp3) is 0.625. The third-order valence-electron chi connectivity index (χ3n) is 3.35. The Morgan fingerprint density at radius 2 is 1.86 bits per heavy atom. The van der Waals surface area contributed by atoms with E-state index in [0.29, 0.717) is 24.6 Å². The molecule has 0 spiro atoms. The number of benzene rings is 1. The van der Waals surface area contributed by atoms with Gasteiger partial charge in [-0.25, -0.2) is 0 Å². The van der Waals surface area contributed by atoms with E-state index in [4.69, 9.17) is 9.47 Å². The van der Waals surface area contributed by atoms with Crippen molar-refractivity contribution in [3.63, 3.8) is 0 Å². The van der Waals surface area contributed by atoms with Gasteiger partial charge in [0, 0.05) is 19.1 Å². The molecule has 1 aromatic rings. The van der Waals surface area contributed by atoms with Crippen molar-refractivity contribution in [1.82, 2.24) is 10.2 Å². The van der Waals surface area contributed by atoms with Crippen LogP contribution in [-0.2, 0) is 0 Å². The summed E-state index contributed by atoms with van der Waals surface area (Å²) in [6.45, 7) is 5.02. The average molecular weight is 296 g/mol. The Kier molecular flexibility index (Phi) is 6.45. The molecule has 0 aliphatic carbocycles. The lowest BCUT2D eigenvalue weighted by atomic mass is 10.0. The van der Waals surface area contributed by atoms with Crippen LogP contribution < -0.4 is 14.8 Å². The fourth-order valence-electron chi connectivity index (χ4n) is 2.35. The SMILES string of the molecule is COc1ccc(C(C)NCC(C)(O)CN(C)C)cc1OC. The molecule has 5 heteroatoms. The lowest BCUT2D eigenvalue weighted by molar-refractivity contribution is 0.0317. The lowest BCUT2D eigenvalue weighted by Crippen LogP contribution is -2.46. The first-order valence-electron chi connectivity index (χ1n) is 7.11. The second-order valence-corrected chi connectivity index (χ2v) is 5.95. The topological polar surface area (TPSA) is 54.0 Å². The van der Waals surface area contributed by atoms with Crippen molar-refractivity contribution in [1.29, 1.82) is 0 Å². The van der Waals surface area contributed by atoms with Gasteiger partial charge in [-0.2, -0.15) is 0 Å². The lowest BCUT2D eigenvalue weighted by Gasteiger charge is -2.29. The maximum absolute atomic E-state index is 10.3. The van der Waals surface area contributed by atoms with Gasteiger partial charge in [0.2, 0.25) is 0 Å². The summed E-state index contributed by atoms with van der Waals surface area (Å²) < 4.78 is 10.6. The van der Waals surface area contributed by atoms with Crippen LogP contribution in [0.2, 0.25) is 0 Å². The predicted molar refractivity (Wildman–Crippen MR) is 85.1 cm³/mol. The van der Waals surface area contributed by atoms with Gasteiger partial charge in [-0.05, 0) is 45.6 Å². The number of nitrogens with one attached hydrogen (secondary N) is 1. The molecule has 0 aromatic heterocycles. The maximum atomic E-state index is 10.3. The molecule has 0 saturated carbocycles. The molecule has 21 heavy (non-hydrogen) atoms. The van der Waals surface area contributed by atoms with Crippen LogP contribution in [-0.4, -0.2) is 57.0 Å². The smallest absolute Gasteiger partial charge is 0.161 e. The zero-order valence-corrected chi connectivity index (χ0v) is 13.9. The van der Waals surface area contributed by atoms with Crippen LogP contribution in [0.4, 0.5) is 0 Å². The Hall–Kier alpha value is -1.30. The molecule has 1 rings (SSSR count). The highest BCUT2D eigenvalue weighted by Gasteiger charge is 2.22. The van der Waals surface area contributed by atoms with Crippen LogP contribution in [0, 0.1) is 0 Å². The number of rotatable bonds is 8. The summed E-state index contributed by atoms with van der Waals surface area (Å²) in [6.07, 6.45) is 0. The van der Waals surface area contributed by atoms with Crippen molar-refractivity contribution < 1.29 is 14.6 Å². The Labute approximate surface area is 127 Å². The maximum Gasteiger partial charge on any atom is 0.161 e. The zero-order chi connectivity index (χ0) is 16.0. The summed E-state index contributed by atoms with van der Waals surface area (Å²) in [5.41, 5.74) is 0.321. The molecule has 2 atom stereocenters. The normalized spacial score (nSPS) is 15.6. The molecule has 2 unspecified atom stereocenters. The van der Waals surface area contributed by atoms with E-state index in [1.54, 1.807) is 14.2 Å². The van der Waals surface area contributed by atoms with Gasteiger partial charge in [0.25, 0.3) is 0 Å². The van der Waals surface area contributed by atoms with E-state index in [1.165, 1.54) is 0 Å². The van der Waals surface area contributed by atoms with E-state index in [2.05, 4.69) is 12.2 Å². The highest BCUT2D eigenvalue weighted by Crippen LogP contribution is 2.29. The second kappa shape index (κ2) is 7.64. The predicted octanol–water partition coefficient (Wildman–Crippen LogP) is 1.67. The van der Waals surface area contributed by atoms with E-state index in [0.717, 1.165) is 5.56 Å². The van der Waals surface area contributed by atoms with Gasteiger partial charge in [-0.15, -0.1) is 0 Å². The molecule has 0 radical (unpaired) electrons. The molecule has 0 aliphatic heterocycles. The molecule has 0 aliphatic rings. The van der Waals surface area contributed by atoms with Gasteiger partial charge in [-0.1, -0.05) is 6.07 Å². The summed E-state index contributed by atoms with van der Waals surface area (Å²) in [4.78, 5) is 1.97. The number of ether oxygens (including phenoxy) is 2. The fourth-order valence-corrected chi connectivity index (χ4v) is 2.35. The van der Waals surface area contributed by atoms with Crippen LogP contribution in [0.15, 0.2) is 18.2 Å². The Balaban J connectivity index is 2.69. The first kappa shape index (κ1) is 17.8. The molecule has 0 bridgehead atoms. The molecule has 120 valence electrons. The van der Waals surface area contributed by atoms with Crippen LogP contribution in [0.1, 0.15) is 25.5 Å². The zero-order valence-electron chi connectivity index (χ0n) is 13.9. The number of likely N-dealkylation sites (N-methyl/N-ethyl adjacent to an activating group) is 1. The number of aliphatic hydroxyl groups is 1. The van der Waals surface area contributed by atoms with E-state index >= 15 is 0 Å². The van der Waals surface area contributed by atoms with Crippen molar-refractivity contribution in [3.05, 3.63) is 23.8 Å². The van der Waals surface area contributed by atoms with Gasteiger partial charge in [0.05, 0.1) is 19.8 Å². The minimum absolute atomic E-state index is 0.110. The van der Waals surface area contributed by atoms with E-state index < -0.39 is 5.60 Å². The number of hydrogen-bond acceptors (Lipinski definition) is 5. The summed E-state index contributed by atoms with van der Waals surface area (Å²) in [7, 11) is 7.15. The van der Waals surface area contributed by atoms with Crippen LogP contribution in [0.5, 0.6) is 11.5 Å². The molecular weight excluding hydrogens is 268 g/mol. The van der Waals surface area contributed by atoms with Crippen LogP contribution in [0.3, 0.4) is 0 Å². The van der Waals surface area contributed by atoms with Crippen molar-refractivity contribution >= 4 is 0 Å². The second-order valence-electron chi connectivity index (χ2n) is 5.95. The summed E-state index contributed by atoms with van der Waals surface area (Å²) in [5.74, 6) is 1.43.